The minimum atomic E-state index is -0.0931. The second-order valence-corrected chi connectivity index (χ2v) is 6.06. The zero-order valence-corrected chi connectivity index (χ0v) is 16.4. The SMILES string of the molecule is Cc1nc2cc(C(=O)NCCC(C)N)ccc2n1-c1ccccc1.Cl.Cl. The summed E-state index contributed by atoms with van der Waals surface area (Å²) in [5.41, 5.74) is 9.19. The number of aryl methyl sites for hydroxylation is 1. The third-order valence-corrected chi connectivity index (χ3v) is 3.98. The number of para-hydroxylation sites is 1. The molecule has 0 spiro atoms. The fourth-order valence-electron chi connectivity index (χ4n) is 2.76. The summed E-state index contributed by atoms with van der Waals surface area (Å²) >= 11 is 0. The van der Waals surface area contributed by atoms with Gasteiger partial charge in [-0.05, 0) is 50.6 Å². The zero-order valence-electron chi connectivity index (χ0n) is 14.8. The Morgan fingerprint density at radius 3 is 2.54 bits per heavy atom. The molecule has 0 aliphatic heterocycles. The minimum absolute atomic E-state index is 0. The molecule has 1 amide bonds. The molecule has 1 unspecified atom stereocenters. The van der Waals surface area contributed by atoms with E-state index in [0.717, 1.165) is 29.0 Å². The smallest absolute Gasteiger partial charge is 0.251 e. The summed E-state index contributed by atoms with van der Waals surface area (Å²) in [7, 11) is 0. The number of nitrogens with zero attached hydrogens (tertiary/aromatic N) is 2. The summed E-state index contributed by atoms with van der Waals surface area (Å²) in [6.07, 6.45) is 0.760. The molecule has 140 valence electrons. The van der Waals surface area contributed by atoms with Crippen LogP contribution in [-0.2, 0) is 0 Å². The summed E-state index contributed by atoms with van der Waals surface area (Å²) in [6, 6.07) is 15.8. The van der Waals surface area contributed by atoms with Crippen LogP contribution in [0.1, 0.15) is 29.5 Å². The molecule has 26 heavy (non-hydrogen) atoms. The Morgan fingerprint density at radius 1 is 1.19 bits per heavy atom. The molecule has 1 aromatic heterocycles. The molecule has 2 aromatic carbocycles. The number of nitrogens with one attached hydrogen (secondary N) is 1. The number of imidazole rings is 1. The van der Waals surface area contributed by atoms with E-state index in [-0.39, 0.29) is 36.8 Å². The van der Waals surface area contributed by atoms with Crippen molar-refractivity contribution in [1.29, 1.82) is 0 Å². The van der Waals surface area contributed by atoms with Crippen LogP contribution in [0.15, 0.2) is 48.5 Å². The number of amides is 1. The van der Waals surface area contributed by atoms with Gasteiger partial charge in [-0.3, -0.25) is 9.36 Å². The van der Waals surface area contributed by atoms with Crippen LogP contribution in [0.25, 0.3) is 16.7 Å². The maximum Gasteiger partial charge on any atom is 0.251 e. The molecule has 3 N–H and O–H groups in total. The zero-order chi connectivity index (χ0) is 17.1. The quantitative estimate of drug-likeness (QED) is 0.693. The van der Waals surface area contributed by atoms with Crippen molar-refractivity contribution in [1.82, 2.24) is 14.9 Å². The molecule has 0 saturated carbocycles. The van der Waals surface area contributed by atoms with Crippen molar-refractivity contribution >= 4 is 41.8 Å². The first-order valence-electron chi connectivity index (χ1n) is 8.14. The molecule has 3 aromatic rings. The Bertz CT molecular complexity index is 863. The largest absolute Gasteiger partial charge is 0.352 e. The molecule has 7 heteroatoms. The summed E-state index contributed by atoms with van der Waals surface area (Å²) in [6.45, 7) is 4.47. The van der Waals surface area contributed by atoms with Crippen LogP contribution in [0.5, 0.6) is 0 Å². The lowest BCUT2D eigenvalue weighted by Gasteiger charge is -2.08. The van der Waals surface area contributed by atoms with Crippen molar-refractivity contribution in [2.45, 2.75) is 26.3 Å². The predicted octanol–water partition coefficient (Wildman–Crippen LogP) is 3.64. The lowest BCUT2D eigenvalue weighted by atomic mass is 10.1. The molecule has 1 heterocycles. The van der Waals surface area contributed by atoms with E-state index in [0.29, 0.717) is 12.1 Å². The van der Waals surface area contributed by atoms with Gasteiger partial charge in [0.25, 0.3) is 5.91 Å². The first-order chi connectivity index (χ1) is 11.6. The standard InChI is InChI=1S/C19H22N4O.2ClH/c1-13(20)10-11-21-19(24)15-8-9-18-17(12-15)22-14(2)23(18)16-6-4-3-5-7-16;;/h3-9,12-13H,10-11,20H2,1-2H3,(H,21,24);2*1H. The van der Waals surface area contributed by atoms with Gasteiger partial charge in [-0.15, -0.1) is 24.8 Å². The van der Waals surface area contributed by atoms with Gasteiger partial charge in [0.2, 0.25) is 0 Å². The van der Waals surface area contributed by atoms with Crippen LogP contribution >= 0.6 is 24.8 Å². The van der Waals surface area contributed by atoms with E-state index in [1.165, 1.54) is 0 Å². The molecule has 0 fully saturated rings. The Balaban J connectivity index is 0.00000169. The molecule has 3 rings (SSSR count). The third-order valence-electron chi connectivity index (χ3n) is 3.98. The maximum atomic E-state index is 12.2. The number of carbonyl (C=O) groups excluding carboxylic acids is 1. The van der Waals surface area contributed by atoms with E-state index in [2.05, 4.69) is 14.9 Å². The minimum Gasteiger partial charge on any atom is -0.352 e. The molecule has 0 aliphatic carbocycles. The number of fused-ring (bicyclic) bond motifs is 1. The van der Waals surface area contributed by atoms with Crippen LogP contribution in [0.4, 0.5) is 0 Å². The van der Waals surface area contributed by atoms with Gasteiger partial charge < -0.3 is 11.1 Å². The lowest BCUT2D eigenvalue weighted by molar-refractivity contribution is 0.0953. The number of hydrogen-bond donors (Lipinski definition) is 2. The first-order valence-corrected chi connectivity index (χ1v) is 8.14. The van der Waals surface area contributed by atoms with Gasteiger partial charge in [-0.25, -0.2) is 4.98 Å². The third kappa shape index (κ3) is 4.75. The molecule has 0 saturated heterocycles. The van der Waals surface area contributed by atoms with Crippen LogP contribution in [0.3, 0.4) is 0 Å². The molecule has 5 nitrogen and oxygen atoms in total. The van der Waals surface area contributed by atoms with Crippen LogP contribution in [-0.4, -0.2) is 28.0 Å². The second-order valence-electron chi connectivity index (χ2n) is 6.06. The molecule has 0 radical (unpaired) electrons. The van der Waals surface area contributed by atoms with Crippen molar-refractivity contribution in [3.05, 3.63) is 59.9 Å². The van der Waals surface area contributed by atoms with E-state index in [1.54, 1.807) is 0 Å². The van der Waals surface area contributed by atoms with E-state index in [1.807, 2.05) is 62.4 Å². The Hall–Kier alpha value is -2.08. The van der Waals surface area contributed by atoms with Crippen molar-refractivity contribution in [2.24, 2.45) is 5.73 Å². The van der Waals surface area contributed by atoms with Gasteiger partial charge in [0.1, 0.15) is 5.82 Å². The molecular formula is C19H24Cl2N4O. The average Bonchev–Trinajstić information content (AvgIpc) is 2.90. The lowest BCUT2D eigenvalue weighted by Crippen LogP contribution is -2.28. The van der Waals surface area contributed by atoms with Crippen molar-refractivity contribution in [3.8, 4) is 5.69 Å². The number of carbonyl (C=O) groups is 1. The average molecular weight is 395 g/mol. The van der Waals surface area contributed by atoms with Crippen LogP contribution in [0.2, 0.25) is 0 Å². The summed E-state index contributed by atoms with van der Waals surface area (Å²) in [5, 5.41) is 2.89. The van der Waals surface area contributed by atoms with Crippen molar-refractivity contribution < 1.29 is 4.79 Å². The predicted molar refractivity (Wildman–Crippen MR) is 111 cm³/mol. The number of benzene rings is 2. The summed E-state index contributed by atoms with van der Waals surface area (Å²) in [5.74, 6) is 0.801. The molecule has 0 aliphatic rings. The molecule has 0 bridgehead atoms. The maximum absolute atomic E-state index is 12.2. The number of halogens is 2. The number of rotatable bonds is 5. The van der Waals surface area contributed by atoms with Crippen molar-refractivity contribution in [3.63, 3.8) is 0 Å². The van der Waals surface area contributed by atoms with Gasteiger partial charge in [-0.2, -0.15) is 0 Å². The Morgan fingerprint density at radius 2 is 1.88 bits per heavy atom. The van der Waals surface area contributed by atoms with Gasteiger partial charge in [0.15, 0.2) is 0 Å². The first kappa shape index (κ1) is 22.0. The Kier molecular flexibility index (Phi) is 8.08. The highest BCUT2D eigenvalue weighted by Crippen LogP contribution is 2.22. The highest BCUT2D eigenvalue weighted by atomic mass is 35.5. The fourth-order valence-corrected chi connectivity index (χ4v) is 2.76. The van der Waals surface area contributed by atoms with Gasteiger partial charge in [0, 0.05) is 23.8 Å². The fraction of sp³-hybridized carbons (Fsp3) is 0.263. The van der Waals surface area contributed by atoms with Crippen LogP contribution in [0, 0.1) is 6.92 Å². The highest BCUT2D eigenvalue weighted by molar-refractivity contribution is 5.97. The topological polar surface area (TPSA) is 72.9 Å². The van der Waals surface area contributed by atoms with Gasteiger partial charge >= 0.3 is 0 Å². The normalized spacial score (nSPS) is 11.3. The van der Waals surface area contributed by atoms with Crippen molar-refractivity contribution in [2.75, 3.05) is 6.54 Å². The Labute approximate surface area is 165 Å². The van der Waals surface area contributed by atoms with Crippen LogP contribution < -0.4 is 11.1 Å². The van der Waals surface area contributed by atoms with E-state index in [4.69, 9.17) is 5.73 Å². The monoisotopic (exact) mass is 394 g/mol. The number of aromatic nitrogens is 2. The van der Waals surface area contributed by atoms with Gasteiger partial charge in [-0.1, -0.05) is 18.2 Å². The molecule has 1 atom stereocenters. The second kappa shape index (κ2) is 9.57. The summed E-state index contributed by atoms with van der Waals surface area (Å²) < 4.78 is 2.09. The molecular weight excluding hydrogens is 371 g/mol. The van der Waals surface area contributed by atoms with E-state index in [9.17, 15) is 4.79 Å². The number of hydrogen-bond acceptors (Lipinski definition) is 3. The summed E-state index contributed by atoms with van der Waals surface area (Å²) in [4.78, 5) is 16.8. The van der Waals surface area contributed by atoms with E-state index >= 15 is 0 Å². The van der Waals surface area contributed by atoms with Gasteiger partial charge in [0.05, 0.1) is 11.0 Å². The highest BCUT2D eigenvalue weighted by Gasteiger charge is 2.12. The van der Waals surface area contributed by atoms with E-state index < -0.39 is 0 Å². The number of nitrogens with two attached hydrogens (primary N) is 1.